The molecule has 1 aromatic heterocycles. The molecule has 0 N–H and O–H groups in total. The van der Waals surface area contributed by atoms with Gasteiger partial charge in [0.05, 0.1) is 18.0 Å². The molecule has 2 fully saturated rings. The van der Waals surface area contributed by atoms with Gasteiger partial charge in [-0.2, -0.15) is 0 Å². The molecule has 0 radical (unpaired) electrons. The first-order valence-electron chi connectivity index (χ1n) is 12.6. The van der Waals surface area contributed by atoms with Crippen LogP contribution < -0.4 is 0 Å². The lowest BCUT2D eigenvalue weighted by Crippen LogP contribution is -2.46. The number of aryl methyl sites for hydroxylation is 2. The Morgan fingerprint density at radius 2 is 1.81 bits per heavy atom. The van der Waals surface area contributed by atoms with Crippen LogP contribution in [0.3, 0.4) is 0 Å². The molecule has 2 atom stereocenters. The molecule has 5 rings (SSSR count). The van der Waals surface area contributed by atoms with Crippen molar-refractivity contribution in [2.24, 2.45) is 7.05 Å². The van der Waals surface area contributed by atoms with Crippen LogP contribution in [0.4, 0.5) is 0 Å². The maximum atomic E-state index is 14.1. The molecule has 0 aliphatic carbocycles. The number of rotatable bonds is 6. The number of nitrogens with zero attached hydrogens (tertiary/aromatic N) is 4. The highest BCUT2D eigenvalue weighted by atomic mass is 16.2. The number of aromatic nitrogens is 2. The molecular formula is C29H32N4O3. The van der Waals surface area contributed by atoms with Gasteiger partial charge in [0.1, 0.15) is 5.82 Å². The molecule has 0 saturated carbocycles. The first kappa shape index (κ1) is 24.0. The van der Waals surface area contributed by atoms with Gasteiger partial charge in [-0.15, -0.1) is 0 Å². The fourth-order valence-corrected chi connectivity index (χ4v) is 5.84. The topological polar surface area (TPSA) is 75.5 Å². The molecule has 3 heterocycles. The molecule has 2 aliphatic heterocycles. The van der Waals surface area contributed by atoms with Crippen LogP contribution in [-0.2, 0) is 33.4 Å². The Bertz CT molecular complexity index is 1280. The summed E-state index contributed by atoms with van der Waals surface area (Å²) < 4.78 is 1.96. The summed E-state index contributed by atoms with van der Waals surface area (Å²) in [6.07, 6.45) is 6.37. The second-order valence-corrected chi connectivity index (χ2v) is 10.0. The number of carbonyl (C=O) groups is 3. The lowest BCUT2D eigenvalue weighted by Gasteiger charge is -2.38. The molecule has 2 saturated heterocycles. The van der Waals surface area contributed by atoms with Gasteiger partial charge < -0.3 is 9.47 Å². The molecule has 2 aliphatic rings. The highest BCUT2D eigenvalue weighted by molar-refractivity contribution is 6.10. The lowest BCUT2D eigenvalue weighted by atomic mass is 9.73. The minimum Gasteiger partial charge on any atom is -0.336 e. The maximum Gasteiger partial charge on any atom is 0.241 e. The van der Waals surface area contributed by atoms with Gasteiger partial charge >= 0.3 is 0 Å². The van der Waals surface area contributed by atoms with E-state index < -0.39 is 5.41 Å². The van der Waals surface area contributed by atoms with E-state index in [2.05, 4.69) is 4.98 Å². The smallest absolute Gasteiger partial charge is 0.241 e. The summed E-state index contributed by atoms with van der Waals surface area (Å²) in [7, 11) is 1.94. The van der Waals surface area contributed by atoms with E-state index in [-0.39, 0.29) is 43.1 Å². The van der Waals surface area contributed by atoms with Gasteiger partial charge in [0, 0.05) is 38.8 Å². The molecular weight excluding hydrogens is 452 g/mol. The molecule has 3 aromatic rings. The SMILES string of the molecule is Cc1ccccc1[C@@]1(CC(=O)N2CCCC[C@@H]2c2nccn2C)CC(=O)N(Cc2ccccc2)C1=O. The number of likely N-dealkylation sites (tertiary alicyclic amines) is 2. The predicted molar refractivity (Wildman–Crippen MR) is 136 cm³/mol. The maximum absolute atomic E-state index is 14.1. The first-order chi connectivity index (χ1) is 17.4. The number of benzene rings is 2. The molecule has 7 heteroatoms. The van der Waals surface area contributed by atoms with Crippen LogP contribution in [0.1, 0.15) is 60.7 Å². The Labute approximate surface area is 211 Å². The van der Waals surface area contributed by atoms with Crippen LogP contribution in [0.25, 0.3) is 0 Å². The summed E-state index contributed by atoms with van der Waals surface area (Å²) >= 11 is 0. The van der Waals surface area contributed by atoms with Crippen LogP contribution in [0.15, 0.2) is 67.0 Å². The first-order valence-corrected chi connectivity index (χ1v) is 12.6. The average molecular weight is 485 g/mol. The van der Waals surface area contributed by atoms with Gasteiger partial charge in [-0.3, -0.25) is 19.3 Å². The lowest BCUT2D eigenvalue weighted by molar-refractivity contribution is -0.144. The monoisotopic (exact) mass is 484 g/mol. The number of amides is 3. The van der Waals surface area contributed by atoms with Crippen LogP contribution in [0.5, 0.6) is 0 Å². The Hall–Kier alpha value is -3.74. The van der Waals surface area contributed by atoms with Crippen molar-refractivity contribution < 1.29 is 14.4 Å². The Balaban J connectivity index is 1.50. The summed E-state index contributed by atoms with van der Waals surface area (Å²) in [4.78, 5) is 49.1. The van der Waals surface area contributed by atoms with Crippen molar-refractivity contribution >= 4 is 17.7 Å². The molecule has 0 spiro atoms. The van der Waals surface area contributed by atoms with E-state index >= 15 is 0 Å². The quantitative estimate of drug-likeness (QED) is 0.495. The zero-order chi connectivity index (χ0) is 25.3. The minimum absolute atomic E-state index is 0.00380. The molecule has 0 bridgehead atoms. The molecule has 0 unspecified atom stereocenters. The van der Waals surface area contributed by atoms with Gasteiger partial charge in [0.15, 0.2) is 0 Å². The second-order valence-electron chi connectivity index (χ2n) is 10.0. The van der Waals surface area contributed by atoms with Crippen molar-refractivity contribution in [3.8, 4) is 0 Å². The normalized spacial score (nSPS) is 22.3. The number of hydrogen-bond donors (Lipinski definition) is 0. The van der Waals surface area contributed by atoms with E-state index in [1.54, 1.807) is 6.20 Å². The zero-order valence-corrected chi connectivity index (χ0v) is 20.9. The molecule has 3 amide bonds. The van der Waals surface area contributed by atoms with E-state index in [1.807, 2.05) is 84.2 Å². The van der Waals surface area contributed by atoms with E-state index in [9.17, 15) is 14.4 Å². The van der Waals surface area contributed by atoms with Crippen molar-refractivity contribution in [1.82, 2.24) is 19.4 Å². The number of piperidine rings is 1. The van der Waals surface area contributed by atoms with Crippen molar-refractivity contribution in [2.75, 3.05) is 6.54 Å². The fraction of sp³-hybridized carbons (Fsp3) is 0.379. The number of imide groups is 1. The third-order valence-electron chi connectivity index (χ3n) is 7.69. The van der Waals surface area contributed by atoms with Gasteiger partial charge in [0.2, 0.25) is 17.7 Å². The molecule has 36 heavy (non-hydrogen) atoms. The van der Waals surface area contributed by atoms with E-state index in [0.29, 0.717) is 6.54 Å². The van der Waals surface area contributed by atoms with Crippen LogP contribution in [0.2, 0.25) is 0 Å². The summed E-state index contributed by atoms with van der Waals surface area (Å²) in [5.74, 6) is 0.227. The largest absolute Gasteiger partial charge is 0.336 e. The number of imidazole rings is 1. The van der Waals surface area contributed by atoms with Gasteiger partial charge in [-0.05, 0) is 42.9 Å². The Morgan fingerprint density at radius 3 is 2.53 bits per heavy atom. The Kier molecular flexibility index (Phi) is 6.48. The third kappa shape index (κ3) is 4.23. The number of carbonyl (C=O) groups excluding carboxylic acids is 3. The van der Waals surface area contributed by atoms with Gasteiger partial charge in [-0.1, -0.05) is 54.6 Å². The standard InChI is InChI=1S/C29H32N4O3/c1-21-10-6-7-13-23(21)29(19-26(35)33(28(29)36)20-22-11-4-3-5-12-22)18-25(34)32-16-9-8-14-24(32)27-30-15-17-31(27)2/h3-7,10-13,15,17,24H,8-9,14,16,18-20H2,1-2H3/t24-,29-/m1/s1. The highest BCUT2D eigenvalue weighted by Crippen LogP contribution is 2.43. The van der Waals surface area contributed by atoms with E-state index in [4.69, 9.17) is 0 Å². The second kappa shape index (κ2) is 9.72. The van der Waals surface area contributed by atoms with E-state index in [1.165, 1.54) is 4.90 Å². The van der Waals surface area contributed by atoms with Crippen LogP contribution >= 0.6 is 0 Å². The van der Waals surface area contributed by atoms with Gasteiger partial charge in [-0.25, -0.2) is 4.98 Å². The van der Waals surface area contributed by atoms with Crippen molar-refractivity contribution in [2.45, 2.75) is 57.0 Å². The summed E-state index contributed by atoms with van der Waals surface area (Å²) in [5, 5.41) is 0. The van der Waals surface area contributed by atoms with Crippen LogP contribution in [-0.4, -0.2) is 43.6 Å². The third-order valence-corrected chi connectivity index (χ3v) is 7.69. The fourth-order valence-electron chi connectivity index (χ4n) is 5.84. The summed E-state index contributed by atoms with van der Waals surface area (Å²) in [6, 6.07) is 17.0. The van der Waals surface area contributed by atoms with Crippen molar-refractivity contribution in [1.29, 1.82) is 0 Å². The summed E-state index contributed by atoms with van der Waals surface area (Å²) in [5.41, 5.74) is 1.35. The minimum atomic E-state index is -1.21. The molecule has 7 nitrogen and oxygen atoms in total. The predicted octanol–water partition coefficient (Wildman–Crippen LogP) is 4.07. The van der Waals surface area contributed by atoms with Gasteiger partial charge in [0.25, 0.3) is 0 Å². The molecule has 186 valence electrons. The zero-order valence-electron chi connectivity index (χ0n) is 20.9. The Morgan fingerprint density at radius 1 is 1.06 bits per heavy atom. The van der Waals surface area contributed by atoms with E-state index in [0.717, 1.165) is 41.8 Å². The number of hydrogen-bond acceptors (Lipinski definition) is 4. The molecule has 2 aromatic carbocycles. The average Bonchev–Trinajstić information content (AvgIpc) is 3.41. The van der Waals surface area contributed by atoms with Crippen molar-refractivity contribution in [3.63, 3.8) is 0 Å². The summed E-state index contributed by atoms with van der Waals surface area (Å²) in [6.45, 7) is 2.77. The van der Waals surface area contributed by atoms with Crippen molar-refractivity contribution in [3.05, 3.63) is 89.5 Å². The highest BCUT2D eigenvalue weighted by Gasteiger charge is 2.55. The van der Waals surface area contributed by atoms with Crippen LogP contribution in [0, 0.1) is 6.92 Å².